The molecular weight excluding hydrogens is 586 g/mol. The average molecular weight is 609 g/mol. The van der Waals surface area contributed by atoms with Gasteiger partial charge in [0.05, 0.1) is 25.6 Å². The van der Waals surface area contributed by atoms with Gasteiger partial charge in [-0.25, -0.2) is 4.79 Å². The van der Waals surface area contributed by atoms with Gasteiger partial charge in [0.15, 0.2) is 0 Å². The Bertz CT molecular complexity index is 1180. The second-order valence-corrected chi connectivity index (χ2v) is 9.74. The van der Waals surface area contributed by atoms with E-state index in [-0.39, 0.29) is 5.91 Å². The molecule has 2 aromatic carbocycles. The number of rotatable bonds is 5. The van der Waals surface area contributed by atoms with Gasteiger partial charge in [0.25, 0.3) is 0 Å². The van der Waals surface area contributed by atoms with Crippen LogP contribution in [0.25, 0.3) is 0 Å². The number of fused-ring (bicyclic) bond motifs is 2. The van der Waals surface area contributed by atoms with Crippen molar-refractivity contribution in [3.05, 3.63) is 57.0 Å². The van der Waals surface area contributed by atoms with Crippen molar-refractivity contribution in [2.75, 3.05) is 37.9 Å². The number of nitrogens with one attached hydrogen (secondary N) is 2. The van der Waals surface area contributed by atoms with Crippen molar-refractivity contribution in [2.45, 2.75) is 18.4 Å². The van der Waals surface area contributed by atoms with Crippen LogP contribution in [0.3, 0.4) is 0 Å². The lowest BCUT2D eigenvalue weighted by atomic mass is 9.82. The third-order valence-electron chi connectivity index (χ3n) is 6.00. The van der Waals surface area contributed by atoms with Crippen LogP contribution >= 0.6 is 31.9 Å². The molecule has 2 aromatic rings. The molecule has 2 heterocycles. The fourth-order valence-corrected chi connectivity index (χ4v) is 5.51. The molecule has 1 saturated heterocycles. The summed E-state index contributed by atoms with van der Waals surface area (Å²) >= 11 is 6.79. The van der Waals surface area contributed by atoms with E-state index in [4.69, 9.17) is 14.2 Å². The zero-order valence-corrected chi connectivity index (χ0v) is 22.2. The number of piperidine rings is 1. The van der Waals surface area contributed by atoms with E-state index in [1.165, 1.54) is 12.2 Å². The normalized spacial score (nSPS) is 16.3. The number of halogens is 2. The van der Waals surface area contributed by atoms with Crippen LogP contribution in [-0.2, 0) is 19.9 Å². The first-order valence-electron chi connectivity index (χ1n) is 10.7. The summed E-state index contributed by atoms with van der Waals surface area (Å²) in [5.41, 5.74) is 1.19. The van der Waals surface area contributed by atoms with Crippen LogP contribution in [0.2, 0.25) is 0 Å². The van der Waals surface area contributed by atoms with Gasteiger partial charge >= 0.3 is 6.09 Å². The first-order valence-corrected chi connectivity index (χ1v) is 12.3. The molecule has 184 valence electrons. The number of ether oxygens (including phenoxy) is 3. The van der Waals surface area contributed by atoms with E-state index in [1.54, 1.807) is 43.4 Å². The molecule has 2 aliphatic heterocycles. The molecule has 1 spiro atoms. The first-order chi connectivity index (χ1) is 16.7. The first kappa shape index (κ1) is 25.1. The number of benzene rings is 2. The molecule has 4 rings (SSSR count). The highest BCUT2D eigenvalue weighted by Crippen LogP contribution is 2.44. The SMILES string of the molecule is COc1cc(Br)c(NC(=O)C=CC(=O)N2CCC3(CC2)OC(=O)Nc2ccc(OC)cc23)c(Br)c1. The molecule has 0 atom stereocenters. The fourth-order valence-electron chi connectivity index (χ4n) is 4.17. The number of carbonyl (C=O) groups is 3. The maximum absolute atomic E-state index is 12.7. The molecule has 11 heteroatoms. The van der Waals surface area contributed by atoms with Crippen LogP contribution in [0.15, 0.2) is 51.4 Å². The minimum absolute atomic E-state index is 0.297. The van der Waals surface area contributed by atoms with Gasteiger partial charge in [0.2, 0.25) is 11.8 Å². The lowest BCUT2D eigenvalue weighted by Gasteiger charge is -2.44. The van der Waals surface area contributed by atoms with Crippen molar-refractivity contribution in [3.8, 4) is 11.5 Å². The van der Waals surface area contributed by atoms with Gasteiger partial charge in [-0.3, -0.25) is 14.9 Å². The quantitative estimate of drug-likeness (QED) is 0.472. The van der Waals surface area contributed by atoms with E-state index < -0.39 is 17.6 Å². The summed E-state index contributed by atoms with van der Waals surface area (Å²) in [7, 11) is 3.13. The molecule has 0 radical (unpaired) electrons. The minimum atomic E-state index is -0.836. The number of carbonyl (C=O) groups excluding carboxylic acids is 3. The Morgan fingerprint density at radius 3 is 2.34 bits per heavy atom. The number of amides is 3. The van der Waals surface area contributed by atoms with Gasteiger partial charge in [-0.2, -0.15) is 0 Å². The number of nitrogens with zero attached hydrogens (tertiary/aromatic N) is 1. The zero-order chi connectivity index (χ0) is 25.2. The molecule has 0 aromatic heterocycles. The molecule has 2 aliphatic rings. The van der Waals surface area contributed by atoms with Crippen molar-refractivity contribution in [1.82, 2.24) is 4.90 Å². The van der Waals surface area contributed by atoms with Crippen LogP contribution in [0.1, 0.15) is 18.4 Å². The standard InChI is InChI=1S/C24H23Br2N3O6/c1-33-14-3-4-19-16(11-14)24(35-23(32)27-19)7-9-29(10-8-24)21(31)6-5-20(30)28-22-17(25)12-15(34-2)13-18(22)26/h3-6,11-13H,7-10H2,1-2H3,(H,27,32)(H,28,30). The summed E-state index contributed by atoms with van der Waals surface area (Å²) in [5, 5.41) is 5.46. The molecule has 0 saturated carbocycles. The third kappa shape index (κ3) is 5.30. The lowest BCUT2D eigenvalue weighted by molar-refractivity contribution is -0.130. The predicted octanol–water partition coefficient (Wildman–Crippen LogP) is 4.80. The van der Waals surface area contributed by atoms with Crippen LogP contribution in [0.5, 0.6) is 11.5 Å². The average Bonchev–Trinajstić information content (AvgIpc) is 2.84. The number of methoxy groups -OCH3 is 2. The van der Waals surface area contributed by atoms with E-state index in [0.717, 1.165) is 5.56 Å². The number of hydrogen-bond acceptors (Lipinski definition) is 6. The lowest BCUT2D eigenvalue weighted by Crippen LogP contribution is -2.49. The summed E-state index contributed by atoms with van der Waals surface area (Å²) in [6.07, 6.45) is 2.77. The topological polar surface area (TPSA) is 106 Å². The minimum Gasteiger partial charge on any atom is -0.497 e. The zero-order valence-electron chi connectivity index (χ0n) is 19.0. The molecule has 35 heavy (non-hydrogen) atoms. The fraction of sp³-hybridized carbons (Fsp3) is 0.292. The molecule has 3 amide bonds. The second-order valence-electron chi connectivity index (χ2n) is 8.03. The van der Waals surface area contributed by atoms with Crippen molar-refractivity contribution < 1.29 is 28.6 Å². The van der Waals surface area contributed by atoms with E-state index in [9.17, 15) is 14.4 Å². The highest BCUT2D eigenvalue weighted by Gasteiger charge is 2.45. The number of anilines is 2. The van der Waals surface area contributed by atoms with Gasteiger partial charge in [-0.15, -0.1) is 0 Å². The number of likely N-dealkylation sites (tertiary alicyclic amines) is 1. The molecule has 2 N–H and O–H groups in total. The van der Waals surface area contributed by atoms with Gasteiger partial charge < -0.3 is 24.4 Å². The summed E-state index contributed by atoms with van der Waals surface area (Å²) < 4.78 is 17.5. The van der Waals surface area contributed by atoms with E-state index in [2.05, 4.69) is 42.5 Å². The van der Waals surface area contributed by atoms with Crippen LogP contribution in [0.4, 0.5) is 16.2 Å². The highest BCUT2D eigenvalue weighted by molar-refractivity contribution is 9.11. The summed E-state index contributed by atoms with van der Waals surface area (Å²) in [6.45, 7) is 0.731. The van der Waals surface area contributed by atoms with Crippen molar-refractivity contribution >= 4 is 61.1 Å². The van der Waals surface area contributed by atoms with Crippen molar-refractivity contribution in [3.63, 3.8) is 0 Å². The summed E-state index contributed by atoms with van der Waals surface area (Å²) in [5.74, 6) is 0.530. The highest BCUT2D eigenvalue weighted by atomic mass is 79.9. The molecule has 1 fully saturated rings. The second kappa shape index (κ2) is 10.3. The Labute approximate surface area is 219 Å². The smallest absolute Gasteiger partial charge is 0.412 e. The van der Waals surface area contributed by atoms with Crippen LogP contribution < -0.4 is 20.1 Å². The molecule has 0 aliphatic carbocycles. The van der Waals surface area contributed by atoms with Crippen molar-refractivity contribution in [1.29, 1.82) is 0 Å². The Kier molecular flexibility index (Phi) is 7.36. The van der Waals surface area contributed by atoms with E-state index >= 15 is 0 Å². The monoisotopic (exact) mass is 607 g/mol. The summed E-state index contributed by atoms with van der Waals surface area (Å²) in [6, 6.07) is 8.86. The van der Waals surface area contributed by atoms with Gasteiger partial charge in [-0.1, -0.05) is 0 Å². The third-order valence-corrected chi connectivity index (χ3v) is 7.25. The Morgan fingerprint density at radius 2 is 1.71 bits per heavy atom. The largest absolute Gasteiger partial charge is 0.497 e. The van der Waals surface area contributed by atoms with E-state index in [0.29, 0.717) is 57.8 Å². The van der Waals surface area contributed by atoms with E-state index in [1.807, 2.05) is 6.07 Å². The molecular formula is C24H23Br2N3O6. The Hall–Kier alpha value is -3.05. The van der Waals surface area contributed by atoms with Crippen LogP contribution in [-0.4, -0.2) is 50.1 Å². The van der Waals surface area contributed by atoms with Gasteiger partial charge in [0.1, 0.15) is 17.1 Å². The molecule has 0 bridgehead atoms. The Morgan fingerprint density at radius 1 is 1.06 bits per heavy atom. The van der Waals surface area contributed by atoms with Crippen molar-refractivity contribution in [2.24, 2.45) is 0 Å². The van der Waals surface area contributed by atoms with Gasteiger partial charge in [0, 0.05) is 52.6 Å². The van der Waals surface area contributed by atoms with Gasteiger partial charge in [-0.05, 0) is 62.2 Å². The maximum atomic E-state index is 12.7. The molecule has 9 nitrogen and oxygen atoms in total. The molecule has 0 unspecified atom stereocenters. The Balaban J connectivity index is 1.40. The predicted molar refractivity (Wildman–Crippen MR) is 137 cm³/mol. The van der Waals surface area contributed by atoms with Crippen LogP contribution in [0, 0.1) is 0 Å². The summed E-state index contributed by atoms with van der Waals surface area (Å²) in [4.78, 5) is 38.9. The number of hydrogen-bond donors (Lipinski definition) is 2. The maximum Gasteiger partial charge on any atom is 0.412 e.